The highest BCUT2D eigenvalue weighted by Crippen LogP contribution is 2.53. The second-order valence-electron chi connectivity index (χ2n) is 13.5. The number of furan rings is 1. The van der Waals surface area contributed by atoms with Gasteiger partial charge in [-0.2, -0.15) is 0 Å². The number of aromatic nitrogens is 2. The van der Waals surface area contributed by atoms with Gasteiger partial charge in [-0.3, -0.25) is 0 Å². The fraction of sp³-hybridized carbons (Fsp3) is 0.0417. The van der Waals surface area contributed by atoms with Gasteiger partial charge >= 0.3 is 0 Å². The second kappa shape index (κ2) is 11.5. The number of hydrogen-bond acceptors (Lipinski definition) is 3. The first-order valence-electron chi connectivity index (χ1n) is 17.4. The SMILES string of the molecule is CC1(c2ccccc2)c2ccccc2-c2ccc(-c3cccc(-c4cc(-c5cccc6oc7ccccc7c56)nc(-c5ccccc5)n4)c3)cc21. The quantitative estimate of drug-likeness (QED) is 0.186. The van der Waals surface area contributed by atoms with Gasteiger partial charge in [-0.1, -0.05) is 146 Å². The highest BCUT2D eigenvalue weighted by atomic mass is 16.3. The maximum absolute atomic E-state index is 6.26. The third-order valence-corrected chi connectivity index (χ3v) is 10.6. The van der Waals surface area contributed by atoms with Gasteiger partial charge in [-0.25, -0.2) is 9.97 Å². The lowest BCUT2D eigenvalue weighted by Gasteiger charge is -2.28. The summed E-state index contributed by atoms with van der Waals surface area (Å²) >= 11 is 0. The summed E-state index contributed by atoms with van der Waals surface area (Å²) in [6.45, 7) is 2.37. The van der Waals surface area contributed by atoms with E-state index in [1.165, 1.54) is 33.4 Å². The van der Waals surface area contributed by atoms with Crippen molar-refractivity contribution in [3.63, 3.8) is 0 Å². The van der Waals surface area contributed by atoms with Gasteiger partial charge < -0.3 is 4.42 Å². The van der Waals surface area contributed by atoms with E-state index in [9.17, 15) is 0 Å². The molecule has 0 fully saturated rings. The molecule has 2 aromatic heterocycles. The lowest BCUT2D eigenvalue weighted by Crippen LogP contribution is -2.22. The fourth-order valence-electron chi connectivity index (χ4n) is 8.05. The van der Waals surface area contributed by atoms with Crippen molar-refractivity contribution in [1.29, 1.82) is 0 Å². The van der Waals surface area contributed by atoms with Gasteiger partial charge in [-0.15, -0.1) is 0 Å². The summed E-state index contributed by atoms with van der Waals surface area (Å²) in [5.41, 5.74) is 15.1. The molecule has 0 saturated heterocycles. The van der Waals surface area contributed by atoms with Crippen molar-refractivity contribution < 1.29 is 4.42 Å². The number of nitrogens with zero attached hydrogens (tertiary/aromatic N) is 2. The zero-order valence-corrected chi connectivity index (χ0v) is 28.0. The van der Waals surface area contributed by atoms with Crippen molar-refractivity contribution in [1.82, 2.24) is 9.97 Å². The minimum Gasteiger partial charge on any atom is -0.456 e. The summed E-state index contributed by atoms with van der Waals surface area (Å²) in [6.07, 6.45) is 0. The van der Waals surface area contributed by atoms with Crippen molar-refractivity contribution in [2.24, 2.45) is 0 Å². The molecule has 1 atom stereocenters. The van der Waals surface area contributed by atoms with Gasteiger partial charge in [0.1, 0.15) is 11.2 Å². The van der Waals surface area contributed by atoms with Crippen molar-refractivity contribution in [2.45, 2.75) is 12.3 Å². The summed E-state index contributed by atoms with van der Waals surface area (Å²) < 4.78 is 6.26. The fourth-order valence-corrected chi connectivity index (χ4v) is 8.05. The van der Waals surface area contributed by atoms with Crippen LogP contribution >= 0.6 is 0 Å². The predicted octanol–water partition coefficient (Wildman–Crippen LogP) is 12.4. The van der Waals surface area contributed by atoms with Crippen LogP contribution < -0.4 is 0 Å². The number of fused-ring (bicyclic) bond motifs is 6. The molecule has 0 radical (unpaired) electrons. The second-order valence-corrected chi connectivity index (χ2v) is 13.5. The Morgan fingerprint density at radius 3 is 1.94 bits per heavy atom. The first-order chi connectivity index (χ1) is 25.1. The van der Waals surface area contributed by atoms with Crippen LogP contribution in [0.3, 0.4) is 0 Å². The Morgan fingerprint density at radius 2 is 1.06 bits per heavy atom. The van der Waals surface area contributed by atoms with E-state index in [1.54, 1.807) is 0 Å². The topological polar surface area (TPSA) is 38.9 Å². The zero-order valence-electron chi connectivity index (χ0n) is 28.0. The molecule has 2 heterocycles. The van der Waals surface area contributed by atoms with E-state index in [0.717, 1.165) is 55.6 Å². The molecule has 3 nitrogen and oxygen atoms in total. The molecule has 0 aliphatic heterocycles. The van der Waals surface area contributed by atoms with Gasteiger partial charge in [0, 0.05) is 32.9 Å². The Balaban J connectivity index is 1.13. The van der Waals surface area contributed by atoms with Crippen LogP contribution in [0.5, 0.6) is 0 Å². The summed E-state index contributed by atoms with van der Waals surface area (Å²) in [5, 5.41) is 2.14. The van der Waals surface area contributed by atoms with Crippen LogP contribution in [0.2, 0.25) is 0 Å². The lowest BCUT2D eigenvalue weighted by atomic mass is 9.74. The first kappa shape index (κ1) is 29.3. The normalized spacial score (nSPS) is 14.8. The van der Waals surface area contributed by atoms with Crippen molar-refractivity contribution in [3.8, 4) is 56.2 Å². The van der Waals surface area contributed by atoms with Crippen LogP contribution in [0.1, 0.15) is 23.6 Å². The molecule has 3 heteroatoms. The summed E-state index contributed by atoms with van der Waals surface area (Å²) in [5.74, 6) is 0.687. The Hall–Kier alpha value is -6.58. The molecule has 1 aliphatic carbocycles. The van der Waals surface area contributed by atoms with Gasteiger partial charge in [0.05, 0.1) is 11.4 Å². The Kier molecular flexibility index (Phi) is 6.62. The highest BCUT2D eigenvalue weighted by Gasteiger charge is 2.40. The molecule has 0 N–H and O–H groups in total. The van der Waals surface area contributed by atoms with E-state index < -0.39 is 0 Å². The Bertz CT molecular complexity index is 2760. The highest BCUT2D eigenvalue weighted by molar-refractivity contribution is 6.12. The smallest absolute Gasteiger partial charge is 0.160 e. The Morgan fingerprint density at radius 1 is 0.431 bits per heavy atom. The lowest BCUT2D eigenvalue weighted by molar-refractivity contribution is 0.669. The van der Waals surface area contributed by atoms with Crippen LogP contribution in [0.15, 0.2) is 180 Å². The van der Waals surface area contributed by atoms with Crippen LogP contribution in [0.25, 0.3) is 78.1 Å². The maximum Gasteiger partial charge on any atom is 0.160 e. The third kappa shape index (κ3) is 4.66. The summed E-state index contributed by atoms with van der Waals surface area (Å²) in [4.78, 5) is 10.3. The van der Waals surface area contributed by atoms with Crippen LogP contribution in [0, 0.1) is 0 Å². The van der Waals surface area contributed by atoms with E-state index in [2.05, 4.69) is 140 Å². The van der Waals surface area contributed by atoms with Gasteiger partial charge in [-0.05, 0) is 76.2 Å². The molecule has 0 bridgehead atoms. The molecule has 9 aromatic rings. The summed E-state index contributed by atoms with van der Waals surface area (Å²) in [6, 6.07) is 62.2. The van der Waals surface area contributed by atoms with Gasteiger partial charge in [0.2, 0.25) is 0 Å². The van der Waals surface area contributed by atoms with Crippen LogP contribution in [0.4, 0.5) is 0 Å². The minimum absolute atomic E-state index is 0.259. The average Bonchev–Trinajstić information content (AvgIpc) is 3.72. The molecular weight excluding hydrogens is 621 g/mol. The number of benzene rings is 7. The molecule has 240 valence electrons. The molecule has 0 amide bonds. The first-order valence-corrected chi connectivity index (χ1v) is 17.4. The molecule has 10 rings (SSSR count). The van der Waals surface area contributed by atoms with Crippen LogP contribution in [-0.4, -0.2) is 9.97 Å². The molecule has 7 aromatic carbocycles. The van der Waals surface area contributed by atoms with E-state index in [1.807, 2.05) is 42.5 Å². The molecule has 0 saturated carbocycles. The van der Waals surface area contributed by atoms with E-state index >= 15 is 0 Å². The average molecular weight is 653 g/mol. The molecule has 0 spiro atoms. The molecule has 1 unspecified atom stereocenters. The third-order valence-electron chi connectivity index (χ3n) is 10.6. The van der Waals surface area contributed by atoms with Crippen LogP contribution in [-0.2, 0) is 5.41 Å². The molecule has 1 aliphatic rings. The number of rotatable bonds is 5. The number of hydrogen-bond donors (Lipinski definition) is 0. The van der Waals surface area contributed by atoms with Crippen molar-refractivity contribution >= 4 is 21.9 Å². The maximum atomic E-state index is 6.26. The van der Waals surface area contributed by atoms with Crippen molar-refractivity contribution in [2.75, 3.05) is 0 Å². The monoisotopic (exact) mass is 652 g/mol. The van der Waals surface area contributed by atoms with E-state index in [-0.39, 0.29) is 5.41 Å². The van der Waals surface area contributed by atoms with E-state index in [4.69, 9.17) is 14.4 Å². The largest absolute Gasteiger partial charge is 0.456 e. The molecule has 51 heavy (non-hydrogen) atoms. The predicted molar refractivity (Wildman–Crippen MR) is 208 cm³/mol. The van der Waals surface area contributed by atoms with E-state index in [0.29, 0.717) is 5.82 Å². The van der Waals surface area contributed by atoms with Crippen molar-refractivity contribution in [3.05, 3.63) is 193 Å². The number of para-hydroxylation sites is 1. The van der Waals surface area contributed by atoms with Gasteiger partial charge in [0.15, 0.2) is 5.82 Å². The standard InChI is InChI=1S/C48H32N2O/c1-48(35-18-6-3-7-19-35)40-23-10-8-20-36(40)37-27-26-33(29-41(37)48)32-16-12-17-34(28-32)42-30-43(50-47(49-42)31-14-4-2-5-15-31)38-22-13-25-45-46(38)39-21-9-11-24-44(39)51-45/h2-30H,1H3. The molecular formula is C48H32N2O. The zero-order chi connectivity index (χ0) is 33.9. The minimum atomic E-state index is -0.259. The van der Waals surface area contributed by atoms with Gasteiger partial charge in [0.25, 0.3) is 0 Å². The Labute approximate surface area is 296 Å². The summed E-state index contributed by atoms with van der Waals surface area (Å²) in [7, 11) is 0.